The van der Waals surface area contributed by atoms with Crippen LogP contribution >= 0.6 is 0 Å². The summed E-state index contributed by atoms with van der Waals surface area (Å²) in [5.41, 5.74) is 8.84. The summed E-state index contributed by atoms with van der Waals surface area (Å²) < 4.78 is 27.0. The van der Waals surface area contributed by atoms with Gasteiger partial charge in [0.1, 0.15) is 5.78 Å². The third-order valence-electron chi connectivity index (χ3n) is 5.12. The summed E-state index contributed by atoms with van der Waals surface area (Å²) in [5, 5.41) is 8.42. The maximum absolute atomic E-state index is 13.5. The van der Waals surface area contributed by atoms with Crippen LogP contribution in [0.5, 0.6) is 0 Å². The number of carbonyl (C=O) groups is 1. The number of ketones is 1. The molecule has 0 amide bonds. The third-order valence-corrected chi connectivity index (χ3v) is 5.12. The van der Waals surface area contributed by atoms with Crippen molar-refractivity contribution in [3.8, 4) is 0 Å². The lowest BCUT2D eigenvalue weighted by molar-refractivity contribution is -0.120. The number of rotatable bonds is 11. The van der Waals surface area contributed by atoms with Crippen LogP contribution in [0.3, 0.4) is 0 Å². The maximum atomic E-state index is 13.5. The smallest absolute Gasteiger partial charge is 0.270 e. The van der Waals surface area contributed by atoms with E-state index in [4.69, 9.17) is 11.6 Å². The second-order valence-corrected chi connectivity index (χ2v) is 8.01. The number of nitrogens with two attached hydrogens (primary N) is 2. The van der Waals surface area contributed by atoms with Crippen LogP contribution in [0.15, 0.2) is 47.6 Å². The van der Waals surface area contributed by atoms with Crippen LogP contribution in [0.1, 0.15) is 69.1 Å². The van der Waals surface area contributed by atoms with E-state index in [1.54, 1.807) is 19.2 Å². The van der Waals surface area contributed by atoms with Crippen molar-refractivity contribution in [1.82, 2.24) is 5.12 Å². The van der Waals surface area contributed by atoms with Gasteiger partial charge in [0.2, 0.25) is 0 Å². The van der Waals surface area contributed by atoms with Crippen LogP contribution in [0.2, 0.25) is 0 Å². The number of carbonyl (C=O) groups excluding carboxylic acids is 1. The second kappa shape index (κ2) is 11.0. The molecule has 6 nitrogen and oxygen atoms in total. The highest BCUT2D eigenvalue weighted by Gasteiger charge is 2.24. The van der Waals surface area contributed by atoms with Crippen LogP contribution in [-0.4, -0.2) is 23.8 Å². The van der Waals surface area contributed by atoms with Gasteiger partial charge in [-0.05, 0) is 42.7 Å². The van der Waals surface area contributed by atoms with E-state index in [0.29, 0.717) is 23.4 Å². The zero-order chi connectivity index (χ0) is 23.9. The Balaban J connectivity index is 2.47. The van der Waals surface area contributed by atoms with Crippen molar-refractivity contribution in [3.63, 3.8) is 0 Å². The Hall–Kier alpha value is -3.00. The van der Waals surface area contributed by atoms with Gasteiger partial charge < -0.3 is 11.1 Å². The van der Waals surface area contributed by atoms with E-state index < -0.39 is 5.92 Å². The van der Waals surface area contributed by atoms with Crippen LogP contribution < -0.4 is 16.9 Å². The van der Waals surface area contributed by atoms with Crippen molar-refractivity contribution >= 4 is 23.0 Å². The number of alkyl halides is 2. The SMILES string of the molecule is CCCC(=O)C(CCC)c1ccc(Nc2ccc(C(C)(F)F)cc2)c(/C(N)=N/N(C)N)c1. The fraction of sp³-hybridized carbons (Fsp3) is 0.417. The minimum absolute atomic E-state index is 0.0682. The number of amidine groups is 1. The van der Waals surface area contributed by atoms with E-state index in [1.807, 2.05) is 32.0 Å². The third kappa shape index (κ3) is 6.75. The van der Waals surface area contributed by atoms with E-state index in [9.17, 15) is 13.6 Å². The Labute approximate surface area is 188 Å². The molecule has 8 heteroatoms. The summed E-state index contributed by atoms with van der Waals surface area (Å²) in [7, 11) is 1.55. The van der Waals surface area contributed by atoms with Crippen LogP contribution in [-0.2, 0) is 10.7 Å². The van der Waals surface area contributed by atoms with Crippen LogP contribution in [0.4, 0.5) is 20.2 Å². The first-order valence-electron chi connectivity index (χ1n) is 10.8. The zero-order valence-electron chi connectivity index (χ0n) is 19.2. The zero-order valence-corrected chi connectivity index (χ0v) is 19.2. The summed E-state index contributed by atoms with van der Waals surface area (Å²) in [4.78, 5) is 12.7. The number of nitrogens with zero attached hydrogens (tertiary/aromatic N) is 2. The Morgan fingerprint density at radius 1 is 1.16 bits per heavy atom. The van der Waals surface area contributed by atoms with Crippen LogP contribution in [0, 0.1) is 0 Å². The number of hydrogen-bond donors (Lipinski definition) is 3. The number of hydrazone groups is 1. The molecule has 32 heavy (non-hydrogen) atoms. The molecule has 0 bridgehead atoms. The van der Waals surface area contributed by atoms with Crippen molar-refractivity contribution in [2.24, 2.45) is 16.7 Å². The lowest BCUT2D eigenvalue weighted by atomic mass is 9.87. The van der Waals surface area contributed by atoms with Gasteiger partial charge in [0, 0.05) is 48.8 Å². The largest absolute Gasteiger partial charge is 0.382 e. The van der Waals surface area contributed by atoms with Gasteiger partial charge in [-0.2, -0.15) is 0 Å². The average Bonchev–Trinajstić information content (AvgIpc) is 2.71. The predicted octanol–water partition coefficient (Wildman–Crippen LogP) is 5.22. The van der Waals surface area contributed by atoms with Crippen molar-refractivity contribution in [3.05, 3.63) is 59.2 Å². The molecule has 0 aromatic heterocycles. The topological polar surface area (TPSA) is 96.7 Å². The number of anilines is 2. The molecule has 5 N–H and O–H groups in total. The van der Waals surface area contributed by atoms with Crippen molar-refractivity contribution < 1.29 is 13.6 Å². The highest BCUT2D eigenvalue weighted by Crippen LogP contribution is 2.31. The standard InChI is InChI=1S/C24H33F2N5O/c1-5-7-19(22(32)8-6-2)16-9-14-21(20(15-16)23(27)30-31(4)28)29-18-12-10-17(11-13-18)24(3,25)26/h9-15,19,29H,5-8,28H2,1-4H3,(H2,27,30). The Morgan fingerprint density at radius 3 is 2.34 bits per heavy atom. The van der Waals surface area contributed by atoms with E-state index in [-0.39, 0.29) is 23.1 Å². The van der Waals surface area contributed by atoms with Gasteiger partial charge in [0.05, 0.1) is 0 Å². The molecule has 0 saturated heterocycles. The van der Waals surface area contributed by atoms with E-state index >= 15 is 0 Å². The van der Waals surface area contributed by atoms with Gasteiger partial charge in [-0.3, -0.25) is 4.79 Å². The highest BCUT2D eigenvalue weighted by atomic mass is 19.3. The normalized spacial score (nSPS) is 13.0. The molecule has 0 heterocycles. The Kier molecular flexibility index (Phi) is 8.72. The summed E-state index contributed by atoms with van der Waals surface area (Å²) >= 11 is 0. The lowest BCUT2D eigenvalue weighted by Gasteiger charge is -2.19. The Morgan fingerprint density at radius 2 is 1.81 bits per heavy atom. The number of benzene rings is 2. The summed E-state index contributed by atoms with van der Waals surface area (Å²) in [6, 6.07) is 11.5. The van der Waals surface area contributed by atoms with E-state index in [2.05, 4.69) is 10.4 Å². The summed E-state index contributed by atoms with van der Waals surface area (Å²) in [6.07, 6.45) is 2.92. The summed E-state index contributed by atoms with van der Waals surface area (Å²) in [6.45, 7) is 4.89. The van der Waals surface area contributed by atoms with E-state index in [0.717, 1.165) is 36.9 Å². The summed E-state index contributed by atoms with van der Waals surface area (Å²) in [5.74, 6) is 2.89. The van der Waals surface area contributed by atoms with Crippen molar-refractivity contribution in [2.45, 2.75) is 58.3 Å². The fourth-order valence-electron chi connectivity index (χ4n) is 3.55. The average molecular weight is 446 g/mol. The molecule has 2 aromatic rings. The highest BCUT2D eigenvalue weighted by molar-refractivity contribution is 6.03. The molecule has 0 aliphatic heterocycles. The minimum Gasteiger partial charge on any atom is -0.382 e. The molecule has 0 fully saturated rings. The molecular weight excluding hydrogens is 412 g/mol. The van der Waals surface area contributed by atoms with Gasteiger partial charge in [0.25, 0.3) is 5.92 Å². The molecule has 0 aliphatic carbocycles. The van der Waals surface area contributed by atoms with Gasteiger partial charge in [-0.15, -0.1) is 5.10 Å². The molecule has 0 radical (unpaired) electrons. The first kappa shape index (κ1) is 25.3. The van der Waals surface area contributed by atoms with Crippen molar-refractivity contribution in [1.29, 1.82) is 0 Å². The fourth-order valence-corrected chi connectivity index (χ4v) is 3.55. The molecule has 0 saturated carbocycles. The molecule has 0 spiro atoms. The quantitative estimate of drug-likeness (QED) is 0.191. The monoisotopic (exact) mass is 445 g/mol. The molecular formula is C24H33F2N5O. The number of hydrogen-bond acceptors (Lipinski definition) is 5. The first-order chi connectivity index (χ1) is 15.1. The molecule has 174 valence electrons. The van der Waals surface area contributed by atoms with Gasteiger partial charge in [-0.25, -0.2) is 19.7 Å². The molecule has 2 rings (SSSR count). The van der Waals surface area contributed by atoms with Gasteiger partial charge >= 0.3 is 0 Å². The maximum Gasteiger partial charge on any atom is 0.270 e. The number of halogens is 2. The van der Waals surface area contributed by atoms with Gasteiger partial charge in [-0.1, -0.05) is 38.5 Å². The van der Waals surface area contributed by atoms with Gasteiger partial charge in [0.15, 0.2) is 5.84 Å². The second-order valence-electron chi connectivity index (χ2n) is 8.01. The van der Waals surface area contributed by atoms with Crippen LogP contribution in [0.25, 0.3) is 0 Å². The molecule has 1 unspecified atom stereocenters. The minimum atomic E-state index is -2.91. The molecule has 0 aliphatic rings. The van der Waals surface area contributed by atoms with E-state index in [1.165, 1.54) is 12.1 Å². The predicted molar refractivity (Wildman–Crippen MR) is 126 cm³/mol. The lowest BCUT2D eigenvalue weighted by Crippen LogP contribution is -2.26. The number of hydrazine groups is 1. The number of nitrogens with one attached hydrogen (secondary N) is 1. The number of Topliss-reactive ketones (excluding diaryl/α,β-unsaturated/α-hetero) is 1. The molecule has 1 atom stereocenters. The molecule has 2 aromatic carbocycles. The first-order valence-corrected chi connectivity index (χ1v) is 10.8. The van der Waals surface area contributed by atoms with Crippen molar-refractivity contribution in [2.75, 3.05) is 12.4 Å². The Bertz CT molecular complexity index is 936.